The Kier molecular flexibility index (Phi) is 7.31. The smallest absolute Gasteiger partial charge is 0.162 e. The fourth-order valence-corrected chi connectivity index (χ4v) is 5.75. The molecule has 0 spiro atoms. The molecule has 3 aromatic carbocycles. The van der Waals surface area contributed by atoms with E-state index in [1.54, 1.807) is 36.3 Å². The predicted octanol–water partition coefficient (Wildman–Crippen LogP) is 7.01. The van der Waals surface area contributed by atoms with E-state index in [9.17, 15) is 14.4 Å². The lowest BCUT2D eigenvalue weighted by atomic mass is 9.68. The molecule has 0 saturated carbocycles. The number of nitrogens with two attached hydrogens (primary N) is 1. The second-order valence-corrected chi connectivity index (χ2v) is 11.2. The highest BCUT2D eigenvalue weighted by atomic mass is 35.5. The SMILES string of the molecule is COc1ccc([C@H]2C(C#N)=C(N)N(c3ccccc3Cl)C3=C2C(=O)CC(C)(C)C3)cc1COc1ccc(F)cc1. The Morgan fingerprint density at radius 2 is 1.85 bits per heavy atom. The molecular weight excluding hydrogens is 529 g/mol. The van der Waals surface area contributed by atoms with Crippen LogP contribution >= 0.6 is 11.6 Å². The molecule has 6 nitrogen and oxygen atoms in total. The number of rotatable bonds is 6. The van der Waals surface area contributed by atoms with E-state index in [0.29, 0.717) is 46.2 Å². The summed E-state index contributed by atoms with van der Waals surface area (Å²) in [4.78, 5) is 15.6. The molecule has 1 aliphatic carbocycles. The number of carbonyl (C=O) groups is 1. The molecule has 0 aromatic heterocycles. The largest absolute Gasteiger partial charge is 0.496 e. The van der Waals surface area contributed by atoms with Crippen LogP contribution in [0, 0.1) is 22.6 Å². The molecule has 2 N–H and O–H groups in total. The van der Waals surface area contributed by atoms with Gasteiger partial charge in [0.1, 0.15) is 29.7 Å². The summed E-state index contributed by atoms with van der Waals surface area (Å²) in [7, 11) is 1.56. The van der Waals surface area contributed by atoms with Gasteiger partial charge in [-0.15, -0.1) is 0 Å². The maximum absolute atomic E-state index is 13.8. The van der Waals surface area contributed by atoms with Crippen molar-refractivity contribution in [1.82, 2.24) is 0 Å². The molecule has 8 heteroatoms. The van der Waals surface area contributed by atoms with Gasteiger partial charge in [-0.3, -0.25) is 9.69 Å². The molecule has 1 atom stereocenters. The first kappa shape index (κ1) is 27.3. The number of carbonyl (C=O) groups excluding carboxylic acids is 1. The molecule has 0 saturated heterocycles. The number of hydrogen-bond acceptors (Lipinski definition) is 6. The number of benzene rings is 3. The lowest BCUT2D eigenvalue weighted by Crippen LogP contribution is -2.42. The van der Waals surface area contributed by atoms with Crippen LogP contribution in [-0.4, -0.2) is 12.9 Å². The van der Waals surface area contributed by atoms with Crippen LogP contribution < -0.4 is 20.1 Å². The van der Waals surface area contributed by atoms with E-state index < -0.39 is 5.92 Å². The zero-order valence-electron chi connectivity index (χ0n) is 22.5. The Bertz CT molecular complexity index is 1590. The molecule has 1 aliphatic heterocycles. The van der Waals surface area contributed by atoms with Crippen LogP contribution in [0.1, 0.15) is 43.7 Å². The van der Waals surface area contributed by atoms with Gasteiger partial charge in [0.15, 0.2) is 5.78 Å². The van der Waals surface area contributed by atoms with Crippen LogP contribution in [0.5, 0.6) is 11.5 Å². The highest BCUT2D eigenvalue weighted by Crippen LogP contribution is 2.51. The van der Waals surface area contributed by atoms with Gasteiger partial charge in [-0.25, -0.2) is 4.39 Å². The van der Waals surface area contributed by atoms with Crippen molar-refractivity contribution in [3.05, 3.63) is 111 Å². The van der Waals surface area contributed by atoms with Crippen molar-refractivity contribution >= 4 is 23.1 Å². The highest BCUT2D eigenvalue weighted by molar-refractivity contribution is 6.33. The van der Waals surface area contributed by atoms with Crippen LogP contribution in [0.25, 0.3) is 0 Å². The third-order valence-corrected chi connectivity index (χ3v) is 7.64. The van der Waals surface area contributed by atoms with E-state index in [4.69, 9.17) is 26.8 Å². The number of methoxy groups -OCH3 is 1. The van der Waals surface area contributed by atoms with Crippen molar-refractivity contribution in [3.8, 4) is 17.6 Å². The molecule has 0 bridgehead atoms. The molecular formula is C32H29ClFN3O3. The molecule has 204 valence electrons. The Hall–Kier alpha value is -4.28. The fourth-order valence-electron chi connectivity index (χ4n) is 5.53. The molecule has 0 fully saturated rings. The first-order valence-corrected chi connectivity index (χ1v) is 13.3. The van der Waals surface area contributed by atoms with E-state index in [-0.39, 0.29) is 35.0 Å². The van der Waals surface area contributed by atoms with Crippen LogP contribution in [0.15, 0.2) is 89.4 Å². The van der Waals surface area contributed by atoms with Crippen molar-refractivity contribution in [1.29, 1.82) is 5.26 Å². The first-order chi connectivity index (χ1) is 19.1. The van der Waals surface area contributed by atoms with Gasteiger partial charge in [-0.05, 0) is 65.9 Å². The third-order valence-electron chi connectivity index (χ3n) is 7.32. The molecule has 0 amide bonds. The summed E-state index contributed by atoms with van der Waals surface area (Å²) in [5.74, 6) is 0.266. The van der Waals surface area contributed by atoms with Gasteiger partial charge in [-0.1, -0.05) is 43.6 Å². The number of Topliss-reactive ketones (excluding diaryl/α,β-unsaturated/α-hetero) is 1. The van der Waals surface area contributed by atoms with E-state index in [2.05, 4.69) is 6.07 Å². The number of allylic oxidation sites excluding steroid dienone is 3. The minimum atomic E-state index is -0.669. The summed E-state index contributed by atoms with van der Waals surface area (Å²) < 4.78 is 24.8. The number of ether oxygens (including phenoxy) is 2. The Morgan fingerprint density at radius 1 is 1.12 bits per heavy atom. The summed E-state index contributed by atoms with van der Waals surface area (Å²) in [6, 6.07) is 20.8. The number of halogens is 2. The zero-order chi connectivity index (χ0) is 28.6. The first-order valence-electron chi connectivity index (χ1n) is 12.9. The maximum Gasteiger partial charge on any atom is 0.162 e. The van der Waals surface area contributed by atoms with Gasteiger partial charge >= 0.3 is 0 Å². The molecule has 3 aromatic rings. The van der Waals surface area contributed by atoms with Crippen molar-refractivity contribution in [2.24, 2.45) is 11.1 Å². The summed E-state index contributed by atoms with van der Waals surface area (Å²) >= 11 is 6.60. The second kappa shape index (κ2) is 10.7. The van der Waals surface area contributed by atoms with E-state index in [1.165, 1.54) is 12.1 Å². The quantitative estimate of drug-likeness (QED) is 0.351. The molecule has 2 aliphatic rings. The Morgan fingerprint density at radius 3 is 2.52 bits per heavy atom. The van der Waals surface area contributed by atoms with Crippen molar-refractivity contribution in [2.45, 2.75) is 39.2 Å². The maximum atomic E-state index is 13.8. The number of anilines is 1. The van der Waals surface area contributed by atoms with Gasteiger partial charge in [0.2, 0.25) is 0 Å². The lowest BCUT2D eigenvalue weighted by molar-refractivity contribution is -0.118. The van der Waals surface area contributed by atoms with Crippen LogP contribution in [-0.2, 0) is 11.4 Å². The van der Waals surface area contributed by atoms with Crippen molar-refractivity contribution in [3.63, 3.8) is 0 Å². The van der Waals surface area contributed by atoms with Crippen LogP contribution in [0.3, 0.4) is 0 Å². The van der Waals surface area contributed by atoms with Crippen LogP contribution in [0.2, 0.25) is 5.02 Å². The number of nitrogens with zero attached hydrogens (tertiary/aromatic N) is 2. The summed E-state index contributed by atoms with van der Waals surface area (Å²) in [5, 5.41) is 10.9. The third kappa shape index (κ3) is 5.03. The number of ketones is 1. The summed E-state index contributed by atoms with van der Waals surface area (Å²) in [6.45, 7) is 4.23. The lowest BCUT2D eigenvalue weighted by Gasteiger charge is -2.44. The normalized spacial score (nSPS) is 18.4. The Balaban J connectivity index is 1.64. The molecule has 1 heterocycles. The standard InChI is InChI=1S/C32H29ClFN3O3/c1-32(2)15-26-30(27(38)16-32)29(23(17-35)31(36)37(26)25-7-5-4-6-24(25)33)19-8-13-28(39-3)20(14-19)18-40-22-11-9-21(34)10-12-22/h4-14,29H,15-16,18,36H2,1-3H3/t29-/m0/s1. The highest BCUT2D eigenvalue weighted by Gasteiger charge is 2.45. The average molecular weight is 558 g/mol. The summed E-state index contributed by atoms with van der Waals surface area (Å²) in [6.07, 6.45) is 0.917. The van der Waals surface area contributed by atoms with Crippen molar-refractivity contribution in [2.75, 3.05) is 12.0 Å². The van der Waals surface area contributed by atoms with E-state index in [0.717, 1.165) is 11.3 Å². The number of hydrogen-bond donors (Lipinski definition) is 1. The molecule has 0 unspecified atom stereocenters. The van der Waals surface area contributed by atoms with Gasteiger partial charge in [-0.2, -0.15) is 5.26 Å². The molecule has 0 radical (unpaired) electrons. The van der Waals surface area contributed by atoms with Gasteiger partial charge < -0.3 is 15.2 Å². The second-order valence-electron chi connectivity index (χ2n) is 10.7. The van der Waals surface area contributed by atoms with E-state index in [1.807, 2.05) is 44.2 Å². The van der Waals surface area contributed by atoms with Gasteiger partial charge in [0, 0.05) is 23.3 Å². The van der Waals surface area contributed by atoms with Crippen LogP contribution in [0.4, 0.5) is 10.1 Å². The van der Waals surface area contributed by atoms with E-state index >= 15 is 0 Å². The zero-order valence-corrected chi connectivity index (χ0v) is 23.3. The van der Waals surface area contributed by atoms with Gasteiger partial charge in [0.05, 0.1) is 35.4 Å². The minimum Gasteiger partial charge on any atom is -0.496 e. The topological polar surface area (TPSA) is 88.6 Å². The van der Waals surface area contributed by atoms with Gasteiger partial charge in [0.25, 0.3) is 0 Å². The minimum absolute atomic E-state index is 0.0338. The van der Waals surface area contributed by atoms with Crippen molar-refractivity contribution < 1.29 is 18.7 Å². The monoisotopic (exact) mass is 557 g/mol. The predicted molar refractivity (Wildman–Crippen MR) is 152 cm³/mol. The number of para-hydroxylation sites is 1. The molecule has 40 heavy (non-hydrogen) atoms. The fraction of sp³-hybridized carbons (Fsp3) is 0.250. The summed E-state index contributed by atoms with van der Waals surface area (Å²) in [5.41, 5.74) is 10.0. The average Bonchev–Trinajstić information content (AvgIpc) is 2.92. The number of nitriles is 1. The molecule has 5 rings (SSSR count). The Labute approximate surface area is 238 Å².